The van der Waals surface area contributed by atoms with Crippen molar-refractivity contribution >= 4 is 23.4 Å². The molecule has 0 bridgehead atoms. The van der Waals surface area contributed by atoms with Crippen molar-refractivity contribution in [3.8, 4) is 0 Å². The molecule has 0 aliphatic rings. The molecule has 0 aliphatic carbocycles. The van der Waals surface area contributed by atoms with E-state index in [0.29, 0.717) is 6.42 Å². The average Bonchev–Trinajstić information content (AvgIpc) is 2.58. The molecule has 0 saturated heterocycles. The first-order valence-electron chi connectivity index (χ1n) is 8.90. The van der Waals surface area contributed by atoms with E-state index in [-0.39, 0.29) is 62.5 Å². The van der Waals surface area contributed by atoms with Gasteiger partial charge in [0.15, 0.2) is 5.78 Å². The first-order valence-corrected chi connectivity index (χ1v) is 8.90. The van der Waals surface area contributed by atoms with Gasteiger partial charge in [-0.25, -0.2) is 0 Å². The lowest BCUT2D eigenvalue weighted by atomic mass is 9.94. The minimum atomic E-state index is -0.435. The molecule has 0 saturated carbocycles. The number of ether oxygens (including phenoxy) is 2. The molecule has 1 amide bonds. The van der Waals surface area contributed by atoms with Crippen LogP contribution in [-0.2, 0) is 28.7 Å². The molecule has 144 valence electrons. The third-order valence-corrected chi connectivity index (χ3v) is 3.69. The molecule has 0 aromatic rings. The Balaban J connectivity index is 4.24. The number of esters is 1. The monoisotopic (exact) mass is 357 g/mol. The zero-order valence-electron chi connectivity index (χ0n) is 15.6. The number of amides is 1. The summed E-state index contributed by atoms with van der Waals surface area (Å²) in [5.74, 6) is -1.51. The van der Waals surface area contributed by atoms with Gasteiger partial charge in [0.1, 0.15) is 12.4 Å². The number of hydrogen-bond donors (Lipinski definition) is 1. The van der Waals surface area contributed by atoms with Crippen LogP contribution in [0.3, 0.4) is 0 Å². The Bertz CT molecular complexity index is 435. The molecule has 0 radical (unpaired) electrons. The minimum absolute atomic E-state index is 0.0522. The number of carbonyl (C=O) groups excluding carboxylic acids is 4. The molecule has 0 heterocycles. The summed E-state index contributed by atoms with van der Waals surface area (Å²) in [5, 5.41) is 2.42. The van der Waals surface area contributed by atoms with Crippen LogP contribution in [0.4, 0.5) is 0 Å². The van der Waals surface area contributed by atoms with Crippen molar-refractivity contribution in [3.63, 3.8) is 0 Å². The van der Waals surface area contributed by atoms with Crippen LogP contribution in [0.2, 0.25) is 0 Å². The van der Waals surface area contributed by atoms with Crippen LogP contribution in [-0.4, -0.2) is 50.3 Å². The first-order chi connectivity index (χ1) is 11.9. The van der Waals surface area contributed by atoms with Crippen LogP contribution in [0.5, 0.6) is 0 Å². The van der Waals surface area contributed by atoms with Crippen molar-refractivity contribution in [1.29, 1.82) is 0 Å². The molecule has 0 rings (SSSR count). The number of hydrogen-bond acceptors (Lipinski definition) is 6. The summed E-state index contributed by atoms with van der Waals surface area (Å²) in [6.45, 7) is 3.87. The SMILES string of the molecule is CCCCC[C@H](CC(=O)CCC(=O)CNC(=O)COC)C(=O)OCC. The van der Waals surface area contributed by atoms with Crippen LogP contribution in [0.25, 0.3) is 0 Å². The van der Waals surface area contributed by atoms with Gasteiger partial charge in [-0.15, -0.1) is 0 Å². The third-order valence-electron chi connectivity index (χ3n) is 3.69. The van der Waals surface area contributed by atoms with E-state index in [1.807, 2.05) is 0 Å². The molecule has 0 spiro atoms. The summed E-state index contributed by atoms with van der Waals surface area (Å²) < 4.78 is 9.67. The second-order valence-corrected chi connectivity index (χ2v) is 5.94. The summed E-state index contributed by atoms with van der Waals surface area (Å²) >= 11 is 0. The molecule has 0 fully saturated rings. The van der Waals surface area contributed by atoms with Crippen molar-refractivity contribution in [2.75, 3.05) is 26.9 Å². The van der Waals surface area contributed by atoms with E-state index >= 15 is 0 Å². The zero-order valence-corrected chi connectivity index (χ0v) is 15.6. The largest absolute Gasteiger partial charge is 0.466 e. The predicted octanol–water partition coefficient (Wildman–Crippen LogP) is 1.82. The van der Waals surface area contributed by atoms with Crippen molar-refractivity contribution in [2.24, 2.45) is 5.92 Å². The normalized spacial score (nSPS) is 11.6. The molecule has 25 heavy (non-hydrogen) atoms. The van der Waals surface area contributed by atoms with Crippen LogP contribution < -0.4 is 5.32 Å². The number of methoxy groups -OCH3 is 1. The fraction of sp³-hybridized carbons (Fsp3) is 0.778. The highest BCUT2D eigenvalue weighted by molar-refractivity contribution is 5.90. The van der Waals surface area contributed by atoms with E-state index in [1.54, 1.807) is 6.92 Å². The van der Waals surface area contributed by atoms with Gasteiger partial charge in [0, 0.05) is 26.4 Å². The molecule has 0 unspecified atom stereocenters. The zero-order chi connectivity index (χ0) is 19.1. The highest BCUT2D eigenvalue weighted by atomic mass is 16.5. The fourth-order valence-electron chi connectivity index (χ4n) is 2.33. The Kier molecular flexibility index (Phi) is 13.5. The second-order valence-electron chi connectivity index (χ2n) is 5.94. The summed E-state index contributed by atoms with van der Waals surface area (Å²) in [7, 11) is 1.39. The van der Waals surface area contributed by atoms with Gasteiger partial charge in [0.05, 0.1) is 19.1 Å². The predicted molar refractivity (Wildman–Crippen MR) is 93.0 cm³/mol. The molecule has 0 aromatic carbocycles. The number of carbonyl (C=O) groups is 4. The van der Waals surface area contributed by atoms with Crippen LogP contribution >= 0.6 is 0 Å². The highest BCUT2D eigenvalue weighted by Crippen LogP contribution is 2.17. The van der Waals surface area contributed by atoms with Gasteiger partial charge in [0.2, 0.25) is 5.91 Å². The van der Waals surface area contributed by atoms with Gasteiger partial charge in [-0.3, -0.25) is 19.2 Å². The Morgan fingerprint density at radius 1 is 1.00 bits per heavy atom. The fourth-order valence-corrected chi connectivity index (χ4v) is 2.33. The molecule has 0 aliphatic heterocycles. The van der Waals surface area contributed by atoms with Gasteiger partial charge in [-0.05, 0) is 13.3 Å². The van der Waals surface area contributed by atoms with Gasteiger partial charge >= 0.3 is 5.97 Å². The van der Waals surface area contributed by atoms with Crippen molar-refractivity contribution in [3.05, 3.63) is 0 Å². The lowest BCUT2D eigenvalue weighted by Gasteiger charge is -2.14. The topological polar surface area (TPSA) is 98.8 Å². The number of Topliss-reactive ketones (excluding diaryl/α,β-unsaturated/α-hetero) is 2. The van der Waals surface area contributed by atoms with E-state index < -0.39 is 5.92 Å². The van der Waals surface area contributed by atoms with Crippen LogP contribution in [0, 0.1) is 5.92 Å². The van der Waals surface area contributed by atoms with Gasteiger partial charge in [-0.1, -0.05) is 26.2 Å². The molecule has 7 nitrogen and oxygen atoms in total. The average molecular weight is 357 g/mol. The summed E-state index contributed by atoms with van der Waals surface area (Å²) in [5.41, 5.74) is 0. The van der Waals surface area contributed by atoms with Gasteiger partial charge in [-0.2, -0.15) is 0 Å². The maximum atomic E-state index is 12.1. The Labute approximate surface area is 149 Å². The molecule has 1 atom stereocenters. The summed E-state index contributed by atoms with van der Waals surface area (Å²) in [6.07, 6.45) is 3.76. The lowest BCUT2D eigenvalue weighted by molar-refractivity contribution is -0.150. The van der Waals surface area contributed by atoms with Gasteiger partial charge in [0.25, 0.3) is 0 Å². The Morgan fingerprint density at radius 2 is 1.68 bits per heavy atom. The quantitative estimate of drug-likeness (QED) is 0.354. The highest BCUT2D eigenvalue weighted by Gasteiger charge is 2.23. The van der Waals surface area contributed by atoms with E-state index in [1.165, 1.54) is 7.11 Å². The van der Waals surface area contributed by atoms with E-state index in [2.05, 4.69) is 17.0 Å². The summed E-state index contributed by atoms with van der Waals surface area (Å²) in [4.78, 5) is 46.9. The second kappa shape index (κ2) is 14.6. The van der Waals surface area contributed by atoms with Crippen LogP contribution in [0.15, 0.2) is 0 Å². The van der Waals surface area contributed by atoms with Crippen molar-refractivity contribution in [1.82, 2.24) is 5.32 Å². The van der Waals surface area contributed by atoms with E-state index in [4.69, 9.17) is 4.74 Å². The van der Waals surface area contributed by atoms with Crippen molar-refractivity contribution in [2.45, 2.75) is 58.8 Å². The summed E-state index contributed by atoms with van der Waals surface area (Å²) in [6, 6.07) is 0. The smallest absolute Gasteiger partial charge is 0.309 e. The molecule has 0 aromatic heterocycles. The molecular weight excluding hydrogens is 326 g/mol. The van der Waals surface area contributed by atoms with Gasteiger partial charge < -0.3 is 14.8 Å². The molecule has 7 heteroatoms. The van der Waals surface area contributed by atoms with Crippen LogP contribution in [0.1, 0.15) is 58.8 Å². The molecular formula is C18H31NO6. The number of unbranched alkanes of at least 4 members (excludes halogenated alkanes) is 2. The van der Waals surface area contributed by atoms with Crippen molar-refractivity contribution < 1.29 is 28.7 Å². The number of ketones is 2. The minimum Gasteiger partial charge on any atom is -0.466 e. The standard InChI is InChI=1S/C18H31NO6/c1-4-6-7-8-14(18(23)25-5-2)11-15(20)9-10-16(21)12-19-17(22)13-24-3/h14H,4-13H2,1-3H3,(H,19,22)/t14-/m1/s1. The van der Waals surface area contributed by atoms with E-state index in [0.717, 1.165) is 19.3 Å². The lowest BCUT2D eigenvalue weighted by Crippen LogP contribution is -2.32. The third kappa shape index (κ3) is 12.3. The first kappa shape index (κ1) is 23.2. The Morgan fingerprint density at radius 3 is 2.28 bits per heavy atom. The van der Waals surface area contributed by atoms with E-state index in [9.17, 15) is 19.2 Å². The maximum absolute atomic E-state index is 12.1. The maximum Gasteiger partial charge on any atom is 0.309 e. The number of nitrogens with one attached hydrogen (secondary N) is 1. The number of rotatable bonds is 15. The Hall–Kier alpha value is -1.76. The molecule has 1 N–H and O–H groups in total.